The first-order valence-corrected chi connectivity index (χ1v) is 54.1. The Morgan fingerprint density at radius 1 is 0.193 bits per heavy atom. The van der Waals surface area contributed by atoms with Gasteiger partial charge in [0.1, 0.15) is 49.6 Å². The normalized spacial score (nSPS) is 12.5. The molecule has 0 amide bonds. The van der Waals surface area contributed by atoms with Crippen LogP contribution in [0.4, 0.5) is 0 Å². The molecule has 0 radical (unpaired) electrons. The Balaban J connectivity index is 0.000000107. The minimum atomic E-state index is -1.47. The average molecular weight is 1810 g/mol. The van der Waals surface area contributed by atoms with Gasteiger partial charge in [0, 0.05) is 119 Å². The predicted molar refractivity (Wildman–Crippen MR) is 593 cm³/mol. The summed E-state index contributed by atoms with van der Waals surface area (Å²) in [7, 11) is 3.53. The first-order valence-electron chi connectivity index (χ1n) is 48.1. The van der Waals surface area contributed by atoms with E-state index in [0.717, 1.165) is 33.5 Å². The Morgan fingerprint density at radius 2 is 0.585 bits per heavy atom. The molecule has 8 heteroatoms. The fourth-order valence-electron chi connectivity index (χ4n) is 20.9. The molecule has 135 heavy (non-hydrogen) atoms. The number of benzene rings is 16. The van der Waals surface area contributed by atoms with Crippen LogP contribution in [0.1, 0.15) is 134 Å². The Morgan fingerprint density at radius 3 is 1.26 bits per heavy atom. The van der Waals surface area contributed by atoms with Gasteiger partial charge < -0.3 is 27.0 Å². The highest BCUT2D eigenvalue weighted by molar-refractivity contribution is 7.04. The lowest BCUT2D eigenvalue weighted by atomic mass is 9.94. The number of fused-ring (bicyclic) bond motifs is 24. The van der Waals surface area contributed by atoms with Gasteiger partial charge in [-0.15, -0.1) is 0 Å². The van der Waals surface area contributed by atoms with Crippen LogP contribution >= 0.6 is 0 Å². The summed E-state index contributed by atoms with van der Waals surface area (Å²) in [6, 6.07) is 88.9. The number of aryl methyl sites for hydroxylation is 26. The molecule has 0 spiro atoms. The molecule has 6 nitrogen and oxygen atoms in total. The lowest BCUT2D eigenvalue weighted by molar-refractivity contribution is 0.662. The highest BCUT2D eigenvalue weighted by atomic mass is 28.3. The van der Waals surface area contributed by atoms with Gasteiger partial charge in [-0.05, 0) is 423 Å². The Hall–Kier alpha value is -13.2. The van der Waals surface area contributed by atoms with E-state index in [4.69, 9.17) is 13.3 Å². The van der Waals surface area contributed by atoms with Crippen LogP contribution in [0.15, 0.2) is 256 Å². The fraction of sp³-hybridized carbons (Fsp3) is 0.244. The van der Waals surface area contributed by atoms with Gasteiger partial charge in [0.2, 0.25) is 0 Å². The van der Waals surface area contributed by atoms with Crippen molar-refractivity contribution in [2.24, 2.45) is 21.1 Å². The topological polar surface area (TPSA) is 54.2 Å². The summed E-state index contributed by atoms with van der Waals surface area (Å²) in [5.41, 5.74) is 52.2. The quantitative estimate of drug-likeness (QED) is 0.142. The smallest absolute Gasteiger partial charge is 0.138 e. The summed E-state index contributed by atoms with van der Waals surface area (Å²) in [4.78, 5) is 0. The summed E-state index contributed by atoms with van der Waals surface area (Å²) in [5, 5.41) is 22.1. The third kappa shape index (κ3) is 17.0. The third-order valence-corrected chi connectivity index (χ3v) is 37.5. The predicted octanol–water partition coefficient (Wildman–Crippen LogP) is 33.1. The Bertz CT molecular complexity index is 8540. The molecule has 16 aromatic carbocycles. The van der Waals surface area contributed by atoms with Crippen molar-refractivity contribution in [2.75, 3.05) is 0 Å². The van der Waals surface area contributed by atoms with Crippen LogP contribution < -0.4 is 20.7 Å². The molecule has 0 saturated heterocycles. The van der Waals surface area contributed by atoms with E-state index in [1.165, 1.54) is 248 Å². The lowest BCUT2D eigenvalue weighted by Crippen LogP contribution is -2.49. The van der Waals surface area contributed by atoms with Gasteiger partial charge in [-0.25, -0.2) is 0 Å². The molecule has 682 valence electrons. The molecule has 0 saturated carbocycles. The van der Waals surface area contributed by atoms with Gasteiger partial charge in [-0.2, -0.15) is 0 Å². The van der Waals surface area contributed by atoms with Gasteiger partial charge in [-0.1, -0.05) is 188 Å². The second-order valence-corrected chi connectivity index (χ2v) is 49.4. The fourth-order valence-corrected chi connectivity index (χ4v) is 27.2. The van der Waals surface area contributed by atoms with Crippen molar-refractivity contribution >= 4 is 168 Å². The van der Waals surface area contributed by atoms with E-state index in [0.29, 0.717) is 0 Å². The second kappa shape index (κ2) is 36.2. The Labute approximate surface area is 801 Å². The minimum absolute atomic E-state index is 0.977. The second-order valence-electron chi connectivity index (χ2n) is 40.7. The molecular weight excluding hydrogens is 1670 g/mol. The van der Waals surface area contributed by atoms with Crippen LogP contribution in [0.25, 0.3) is 153 Å². The van der Waals surface area contributed by atoms with E-state index in [1.807, 2.05) is 0 Å². The standard InChI is InChI=1S/2C17H20Si.3C16H17N.3C15H14O/c1-11-6-7-16-14(8-11)15-9-12(2)13(3)10-17(15)18(16,4)5;1-11-9-10-15-17(13(11)3)16-12(2)7-6-8-14(16)18(15,4)5;1-10-5-6-15-13(7-10)14-8-11(2)12(3)9-16(14)17(15)4;1-10-5-6-13-14-8-11(2)12(3)9-16(14)17(4)15(13)7-10;1-10-8-9-14-16(12(10)3)15-11(2)6-5-7-13(15)17(14)4;1-9-4-5-14-12(6-9)13-7-10(2)11(3)8-15(13)16-14;1-9-4-5-12-13-7-10(2)11(3)8-15(13)16-14(12)6-9;1-9-7-8-13-12-6-4-5-10(2)14(12)16-15(13)11(9)3/h2*6-10H,1-5H3;3*5-9H,1-4H3;3*4-8H,1-3H3. The first-order chi connectivity index (χ1) is 64.1. The highest BCUT2D eigenvalue weighted by Crippen LogP contribution is 2.42. The zero-order chi connectivity index (χ0) is 96.5. The van der Waals surface area contributed by atoms with Gasteiger partial charge >= 0.3 is 0 Å². The zero-order valence-electron chi connectivity index (χ0n) is 85.7. The van der Waals surface area contributed by atoms with Crippen LogP contribution in [0.5, 0.6) is 0 Å². The van der Waals surface area contributed by atoms with E-state index in [-0.39, 0.29) is 0 Å². The maximum atomic E-state index is 5.99. The molecule has 2 aliphatic rings. The summed E-state index contributed by atoms with van der Waals surface area (Å²) in [6.07, 6.45) is 0. The molecule has 0 atom stereocenters. The summed E-state index contributed by atoms with van der Waals surface area (Å²) in [5.74, 6) is 0. The van der Waals surface area contributed by atoms with Crippen molar-refractivity contribution in [1.29, 1.82) is 0 Å². The van der Waals surface area contributed by atoms with E-state index in [2.05, 4.69) is 470 Å². The first kappa shape index (κ1) is 93.6. The van der Waals surface area contributed by atoms with E-state index < -0.39 is 16.1 Å². The summed E-state index contributed by atoms with van der Waals surface area (Å²) >= 11 is 0. The number of rotatable bonds is 0. The molecule has 6 aromatic heterocycles. The minimum Gasteiger partial charge on any atom is -0.456 e. The van der Waals surface area contributed by atoms with Crippen molar-refractivity contribution in [3.8, 4) is 22.3 Å². The summed E-state index contributed by atoms with van der Waals surface area (Å²) in [6.45, 7) is 62.0. The van der Waals surface area contributed by atoms with Crippen molar-refractivity contribution in [1.82, 2.24) is 13.7 Å². The Kier molecular flexibility index (Phi) is 25.1. The zero-order valence-corrected chi connectivity index (χ0v) is 87.7. The van der Waals surface area contributed by atoms with Crippen molar-refractivity contribution < 1.29 is 13.3 Å². The average Bonchev–Trinajstić information content (AvgIpc) is 1.57. The number of nitrogens with zero attached hydrogens (tertiary/aromatic N) is 3. The van der Waals surface area contributed by atoms with Gasteiger partial charge in [-0.3, -0.25) is 0 Å². The van der Waals surface area contributed by atoms with Crippen LogP contribution in [0.2, 0.25) is 26.2 Å². The number of aromatic nitrogens is 3. The number of hydrogen-bond donors (Lipinski definition) is 0. The molecule has 0 bridgehead atoms. The monoisotopic (exact) mass is 1800 g/mol. The van der Waals surface area contributed by atoms with E-state index in [1.54, 1.807) is 26.3 Å². The number of para-hydroxylation sites is 1. The molecule has 24 rings (SSSR count). The van der Waals surface area contributed by atoms with Gasteiger partial charge in [0.15, 0.2) is 0 Å². The van der Waals surface area contributed by atoms with Crippen molar-refractivity contribution in [2.45, 2.75) is 192 Å². The third-order valence-electron chi connectivity index (χ3n) is 30.4. The maximum Gasteiger partial charge on any atom is 0.138 e. The maximum absolute atomic E-state index is 5.99. The van der Waals surface area contributed by atoms with E-state index in [9.17, 15) is 0 Å². The lowest BCUT2D eigenvalue weighted by Gasteiger charge is -2.19. The molecule has 0 unspecified atom stereocenters. The van der Waals surface area contributed by atoms with Crippen LogP contribution in [-0.4, -0.2) is 29.8 Å². The number of hydrogen-bond acceptors (Lipinski definition) is 3. The van der Waals surface area contributed by atoms with Crippen LogP contribution in [0.3, 0.4) is 0 Å². The van der Waals surface area contributed by atoms with Crippen LogP contribution in [-0.2, 0) is 21.1 Å². The molecule has 0 aliphatic carbocycles. The van der Waals surface area contributed by atoms with Gasteiger partial charge in [0.25, 0.3) is 0 Å². The molecular formula is C127H133N3O3Si2. The summed E-state index contributed by atoms with van der Waals surface area (Å²) < 4.78 is 24.6. The largest absolute Gasteiger partial charge is 0.456 e. The van der Waals surface area contributed by atoms with Crippen molar-refractivity contribution in [3.63, 3.8) is 0 Å². The van der Waals surface area contributed by atoms with Crippen molar-refractivity contribution in [3.05, 3.63) is 376 Å². The molecule has 0 fully saturated rings. The SMILES string of the molecule is Cc1ccc2c(c1)-c1cc(C)c(C)cc1[Si]2(C)C.Cc1ccc2c(c1)c1cc(C)c(C)cc1n2C.Cc1ccc2c(c1)oc1cc(C)c(C)cc12.Cc1ccc2c(c1C)-c1c(C)cccc1[Si]2(C)C.Cc1ccc2c(c1C)c1c(C)cccc1n2C.Cc1ccc2c(oc3c(C)cccc32)c1C.Cc1ccc2c3cc(C)c(C)cc3n(C)c2c1.Cc1ccc2oc3cc(C)c(C)cc3c2c1. The number of furan rings is 3. The van der Waals surface area contributed by atoms with Gasteiger partial charge in [0.05, 0.1) is 0 Å². The molecule has 2 aliphatic heterocycles. The van der Waals surface area contributed by atoms with E-state index >= 15 is 0 Å². The molecule has 22 aromatic rings. The molecule has 0 N–H and O–H groups in total. The highest BCUT2D eigenvalue weighted by Gasteiger charge is 2.40. The van der Waals surface area contributed by atoms with Crippen LogP contribution in [0, 0.1) is 166 Å². The molecule has 8 heterocycles.